The van der Waals surface area contributed by atoms with Crippen LogP contribution < -0.4 is 4.90 Å². The van der Waals surface area contributed by atoms with Gasteiger partial charge in [0, 0.05) is 25.9 Å². The Morgan fingerprint density at radius 1 is 1.11 bits per heavy atom. The molecule has 18 heavy (non-hydrogen) atoms. The van der Waals surface area contributed by atoms with E-state index in [9.17, 15) is 4.91 Å². The van der Waals surface area contributed by atoms with Gasteiger partial charge in [0.1, 0.15) is 5.69 Å². The van der Waals surface area contributed by atoms with Gasteiger partial charge in [-0.1, -0.05) is 12.1 Å². The largest absolute Gasteiger partial charge is 0.369 e. The summed E-state index contributed by atoms with van der Waals surface area (Å²) in [5.41, 5.74) is 1.40. The lowest BCUT2D eigenvalue weighted by Gasteiger charge is -2.38. The Kier molecular flexibility index (Phi) is 3.01. The van der Waals surface area contributed by atoms with Crippen LogP contribution in [0.5, 0.6) is 0 Å². The number of para-hydroxylation sites is 1. The van der Waals surface area contributed by atoms with Crippen molar-refractivity contribution in [3.05, 3.63) is 29.2 Å². The molecule has 0 unspecified atom stereocenters. The first-order chi connectivity index (χ1) is 8.83. The van der Waals surface area contributed by atoms with Gasteiger partial charge in [-0.2, -0.15) is 0 Å². The predicted molar refractivity (Wildman–Crippen MR) is 68.0 cm³/mol. The third-order valence-corrected chi connectivity index (χ3v) is 3.66. The first kappa shape index (κ1) is 11.6. The molecule has 2 aliphatic rings. The lowest BCUT2D eigenvalue weighted by molar-refractivity contribution is -0.169. The average Bonchev–Trinajstić information content (AvgIpc) is 2.88. The van der Waals surface area contributed by atoms with E-state index >= 15 is 0 Å². The van der Waals surface area contributed by atoms with Crippen LogP contribution in [0.2, 0.25) is 0 Å². The summed E-state index contributed by atoms with van der Waals surface area (Å²) in [5.74, 6) is -0.375. The van der Waals surface area contributed by atoms with E-state index in [1.165, 1.54) is 0 Å². The minimum atomic E-state index is -0.375. The van der Waals surface area contributed by atoms with Crippen molar-refractivity contribution < 1.29 is 9.47 Å². The van der Waals surface area contributed by atoms with Crippen molar-refractivity contribution in [1.82, 2.24) is 0 Å². The molecule has 0 amide bonds. The molecule has 2 fully saturated rings. The predicted octanol–water partition coefficient (Wildman–Crippen LogP) is 2.43. The molecular weight excluding hydrogens is 232 g/mol. The van der Waals surface area contributed by atoms with Gasteiger partial charge in [-0.05, 0) is 17.3 Å². The lowest BCUT2D eigenvalue weighted by atomic mass is 10.0. The number of nitrogens with zero attached hydrogens (tertiary/aromatic N) is 2. The molecule has 0 saturated carbocycles. The fourth-order valence-electron chi connectivity index (χ4n) is 2.68. The fourth-order valence-corrected chi connectivity index (χ4v) is 2.68. The zero-order valence-electron chi connectivity index (χ0n) is 10.2. The quantitative estimate of drug-likeness (QED) is 0.754. The molecule has 1 aromatic rings. The number of benzene rings is 1. The van der Waals surface area contributed by atoms with Gasteiger partial charge in [-0.25, -0.2) is 0 Å². The van der Waals surface area contributed by atoms with Crippen LogP contribution in [0.3, 0.4) is 0 Å². The lowest BCUT2D eigenvalue weighted by Crippen LogP contribution is -2.45. The van der Waals surface area contributed by atoms with Crippen molar-refractivity contribution in [1.29, 1.82) is 0 Å². The number of nitroso groups, excluding NO2 is 1. The molecule has 2 saturated heterocycles. The van der Waals surface area contributed by atoms with Gasteiger partial charge in [0.15, 0.2) is 5.79 Å². The third-order valence-electron chi connectivity index (χ3n) is 3.66. The van der Waals surface area contributed by atoms with Crippen molar-refractivity contribution in [3.8, 4) is 0 Å². The number of rotatable bonds is 2. The maximum Gasteiger partial charge on any atom is 0.171 e. The molecule has 5 nitrogen and oxygen atoms in total. The van der Waals surface area contributed by atoms with E-state index in [0.29, 0.717) is 18.9 Å². The highest BCUT2D eigenvalue weighted by molar-refractivity contribution is 5.66. The standard InChI is InChI=1S/C13H16N2O3/c16-14-11-3-1-2-4-12(11)15-7-5-13(6-8-15)17-9-10-18-13/h1-4H,5-10H2. The fraction of sp³-hybridized carbons (Fsp3) is 0.538. The molecule has 0 aromatic heterocycles. The van der Waals surface area contributed by atoms with E-state index in [-0.39, 0.29) is 5.79 Å². The first-order valence-electron chi connectivity index (χ1n) is 6.28. The minimum absolute atomic E-state index is 0.375. The molecule has 0 N–H and O–H groups in total. The van der Waals surface area contributed by atoms with Crippen LogP contribution in [0.1, 0.15) is 12.8 Å². The van der Waals surface area contributed by atoms with Crippen molar-refractivity contribution in [2.24, 2.45) is 5.18 Å². The van der Waals surface area contributed by atoms with Gasteiger partial charge in [-0.15, -0.1) is 4.91 Å². The summed E-state index contributed by atoms with van der Waals surface area (Å²) in [7, 11) is 0. The van der Waals surface area contributed by atoms with Crippen molar-refractivity contribution >= 4 is 11.4 Å². The second kappa shape index (κ2) is 4.66. The van der Waals surface area contributed by atoms with Crippen molar-refractivity contribution in [3.63, 3.8) is 0 Å². The van der Waals surface area contributed by atoms with E-state index in [4.69, 9.17) is 9.47 Å². The highest BCUT2D eigenvalue weighted by atomic mass is 16.7. The number of anilines is 1. The molecule has 0 atom stereocenters. The van der Waals surface area contributed by atoms with Gasteiger partial charge in [0.05, 0.1) is 18.9 Å². The molecule has 0 aliphatic carbocycles. The molecule has 96 valence electrons. The van der Waals surface area contributed by atoms with Crippen LogP contribution >= 0.6 is 0 Å². The first-order valence-corrected chi connectivity index (χ1v) is 6.28. The van der Waals surface area contributed by atoms with Crippen molar-refractivity contribution in [2.75, 3.05) is 31.2 Å². The van der Waals surface area contributed by atoms with Gasteiger partial charge in [0.25, 0.3) is 0 Å². The molecule has 5 heteroatoms. The summed E-state index contributed by atoms with van der Waals surface area (Å²) in [6, 6.07) is 7.44. The minimum Gasteiger partial charge on any atom is -0.369 e. The molecular formula is C13H16N2O3. The summed E-state index contributed by atoms with van der Waals surface area (Å²) >= 11 is 0. The number of hydrogen-bond acceptors (Lipinski definition) is 5. The second-order valence-electron chi connectivity index (χ2n) is 4.67. The van der Waals surface area contributed by atoms with Gasteiger partial charge in [0.2, 0.25) is 0 Å². The van der Waals surface area contributed by atoms with Crippen LogP contribution in [0.4, 0.5) is 11.4 Å². The zero-order chi connectivity index (χ0) is 12.4. The maximum atomic E-state index is 10.8. The van der Waals surface area contributed by atoms with Gasteiger partial charge < -0.3 is 14.4 Å². The van der Waals surface area contributed by atoms with Crippen molar-refractivity contribution in [2.45, 2.75) is 18.6 Å². The maximum absolute atomic E-state index is 10.8. The normalized spacial score (nSPS) is 22.3. The Morgan fingerprint density at radius 3 is 2.44 bits per heavy atom. The second-order valence-corrected chi connectivity index (χ2v) is 4.67. The Morgan fingerprint density at radius 2 is 1.78 bits per heavy atom. The average molecular weight is 248 g/mol. The summed E-state index contributed by atoms with van der Waals surface area (Å²) in [4.78, 5) is 13.0. The van der Waals surface area contributed by atoms with E-state index in [0.717, 1.165) is 31.6 Å². The summed E-state index contributed by atoms with van der Waals surface area (Å²) in [6.07, 6.45) is 1.67. The Hall–Kier alpha value is -1.46. The van der Waals surface area contributed by atoms with E-state index in [1.54, 1.807) is 6.07 Å². The summed E-state index contributed by atoms with van der Waals surface area (Å²) < 4.78 is 11.4. The number of ether oxygens (including phenoxy) is 2. The Labute approximate surface area is 106 Å². The molecule has 0 radical (unpaired) electrons. The highest BCUT2D eigenvalue weighted by Crippen LogP contribution is 2.36. The number of hydrogen-bond donors (Lipinski definition) is 0. The number of piperidine rings is 1. The van der Waals surface area contributed by atoms with Crippen LogP contribution in [-0.4, -0.2) is 32.1 Å². The highest BCUT2D eigenvalue weighted by Gasteiger charge is 2.40. The molecule has 2 heterocycles. The monoisotopic (exact) mass is 248 g/mol. The van der Waals surface area contributed by atoms with E-state index in [2.05, 4.69) is 10.1 Å². The topological polar surface area (TPSA) is 51.1 Å². The van der Waals surface area contributed by atoms with Gasteiger partial charge >= 0.3 is 0 Å². The molecule has 0 bridgehead atoms. The SMILES string of the molecule is O=Nc1ccccc1N1CCC2(CC1)OCCO2. The molecule has 1 aromatic carbocycles. The third kappa shape index (κ3) is 2.00. The van der Waals surface area contributed by atoms with E-state index in [1.807, 2.05) is 18.2 Å². The Bertz CT molecular complexity index is 434. The van der Waals surface area contributed by atoms with Crippen LogP contribution in [0, 0.1) is 4.91 Å². The zero-order valence-corrected chi connectivity index (χ0v) is 10.2. The van der Waals surface area contributed by atoms with Gasteiger partial charge in [-0.3, -0.25) is 0 Å². The van der Waals surface area contributed by atoms with Crippen LogP contribution in [-0.2, 0) is 9.47 Å². The van der Waals surface area contributed by atoms with Crippen LogP contribution in [0.25, 0.3) is 0 Å². The molecule has 2 aliphatic heterocycles. The van der Waals surface area contributed by atoms with E-state index < -0.39 is 0 Å². The Balaban J connectivity index is 1.74. The smallest absolute Gasteiger partial charge is 0.171 e. The summed E-state index contributed by atoms with van der Waals surface area (Å²) in [6.45, 7) is 3.03. The van der Waals surface area contributed by atoms with Crippen LogP contribution in [0.15, 0.2) is 29.4 Å². The summed E-state index contributed by atoms with van der Waals surface area (Å²) in [5, 5.41) is 3.08. The molecule has 1 spiro atoms. The molecule has 3 rings (SSSR count).